The molecule has 0 amide bonds. The van der Waals surface area contributed by atoms with E-state index >= 15 is 0 Å². The molecule has 1 heterocycles. The topological polar surface area (TPSA) is 46.6 Å². The molecule has 4 aromatic carbocycles. The molecule has 0 N–H and O–H groups in total. The van der Waals surface area contributed by atoms with E-state index in [0.29, 0.717) is 0 Å². The maximum absolute atomic E-state index is 12.9. The van der Waals surface area contributed by atoms with Crippen molar-refractivity contribution in [3.63, 3.8) is 0 Å². The molecule has 0 spiro atoms. The van der Waals surface area contributed by atoms with Crippen LogP contribution in [0.1, 0.15) is 0 Å². The summed E-state index contributed by atoms with van der Waals surface area (Å²) in [5.41, 5.74) is 2.68. The van der Waals surface area contributed by atoms with Gasteiger partial charge in [-0.05, 0) is 60.7 Å². The van der Waals surface area contributed by atoms with Crippen molar-refractivity contribution in [3.05, 3.63) is 103 Å². The minimum Gasteiger partial charge on any atom is -0.453 e. The highest BCUT2D eigenvalue weighted by Crippen LogP contribution is 2.50. The number of hydrogen-bond acceptors (Lipinski definition) is 4. The first-order valence-corrected chi connectivity index (χ1v) is 10.7. The molecule has 0 fully saturated rings. The van der Waals surface area contributed by atoms with Crippen molar-refractivity contribution in [1.29, 1.82) is 0 Å². The Morgan fingerprint density at radius 3 is 1.62 bits per heavy atom. The van der Waals surface area contributed by atoms with E-state index in [9.17, 15) is 8.42 Å². The van der Waals surface area contributed by atoms with Gasteiger partial charge in [0.1, 0.15) is 0 Å². The third-order valence-corrected chi connectivity index (χ3v) is 6.68. The Kier molecular flexibility index (Phi) is 4.11. The van der Waals surface area contributed by atoms with Crippen LogP contribution >= 0.6 is 0 Å². The molecule has 142 valence electrons. The smallest absolute Gasteiger partial charge is 0.206 e. The molecular formula is C24H17NO3S. The van der Waals surface area contributed by atoms with Crippen LogP contribution in [0, 0.1) is 0 Å². The zero-order valence-electron chi connectivity index (χ0n) is 15.4. The maximum Gasteiger partial charge on any atom is 0.206 e. The van der Waals surface area contributed by atoms with E-state index in [1.807, 2.05) is 60.7 Å². The average Bonchev–Trinajstić information content (AvgIpc) is 2.78. The second kappa shape index (κ2) is 6.79. The van der Waals surface area contributed by atoms with Gasteiger partial charge in [0.25, 0.3) is 0 Å². The second-order valence-corrected chi connectivity index (χ2v) is 8.63. The molecule has 1 aliphatic rings. The molecule has 0 aliphatic carbocycles. The summed E-state index contributed by atoms with van der Waals surface area (Å²) in [5.74, 6) is 1.51. The molecule has 5 rings (SSSR count). The molecule has 0 aromatic heterocycles. The Morgan fingerprint density at radius 1 is 0.552 bits per heavy atom. The highest BCUT2D eigenvalue weighted by atomic mass is 32.2. The minimum atomic E-state index is -3.55. The lowest BCUT2D eigenvalue weighted by Crippen LogP contribution is -2.15. The van der Waals surface area contributed by atoms with E-state index in [2.05, 4.69) is 4.90 Å². The molecule has 4 nitrogen and oxygen atoms in total. The van der Waals surface area contributed by atoms with Gasteiger partial charge in [-0.1, -0.05) is 42.5 Å². The number of ether oxygens (including phenoxy) is 1. The van der Waals surface area contributed by atoms with Crippen LogP contribution < -0.4 is 9.64 Å². The Bertz CT molecular complexity index is 1240. The molecule has 29 heavy (non-hydrogen) atoms. The fraction of sp³-hybridized carbons (Fsp3) is 0. The largest absolute Gasteiger partial charge is 0.453 e. The van der Waals surface area contributed by atoms with Crippen molar-refractivity contribution in [2.24, 2.45) is 0 Å². The van der Waals surface area contributed by atoms with Crippen molar-refractivity contribution < 1.29 is 13.2 Å². The van der Waals surface area contributed by atoms with Gasteiger partial charge in [0.15, 0.2) is 11.5 Å². The number of nitrogens with zero attached hydrogens (tertiary/aromatic N) is 1. The summed E-state index contributed by atoms with van der Waals surface area (Å²) >= 11 is 0. The summed E-state index contributed by atoms with van der Waals surface area (Å²) in [5, 5.41) is 0. The van der Waals surface area contributed by atoms with Gasteiger partial charge in [-0.15, -0.1) is 0 Å². The predicted octanol–water partition coefficient (Wildman–Crippen LogP) is 6.09. The van der Waals surface area contributed by atoms with E-state index in [-0.39, 0.29) is 9.79 Å². The SMILES string of the molecule is O=S(=O)(c1ccccc1)c1ccc(N2c3ccccc3Oc3ccccc32)cc1. The number of rotatable bonds is 3. The lowest BCUT2D eigenvalue weighted by Gasteiger charge is -2.32. The lowest BCUT2D eigenvalue weighted by atomic mass is 10.1. The van der Waals surface area contributed by atoms with Crippen molar-refractivity contribution in [2.45, 2.75) is 9.79 Å². The van der Waals surface area contributed by atoms with Gasteiger partial charge in [0, 0.05) is 5.69 Å². The average molecular weight is 399 g/mol. The van der Waals surface area contributed by atoms with Gasteiger partial charge in [0.2, 0.25) is 9.84 Å². The van der Waals surface area contributed by atoms with Gasteiger partial charge >= 0.3 is 0 Å². The molecule has 0 unspecified atom stereocenters. The molecular weight excluding hydrogens is 382 g/mol. The fourth-order valence-electron chi connectivity index (χ4n) is 3.49. The first-order valence-electron chi connectivity index (χ1n) is 9.21. The van der Waals surface area contributed by atoms with Crippen molar-refractivity contribution in [1.82, 2.24) is 0 Å². The summed E-state index contributed by atoms with van der Waals surface area (Å²) in [6, 6.07) is 31.0. The van der Waals surface area contributed by atoms with E-state index in [0.717, 1.165) is 28.6 Å². The first-order chi connectivity index (χ1) is 14.1. The molecule has 1 aliphatic heterocycles. The van der Waals surface area contributed by atoms with Crippen LogP contribution in [0.15, 0.2) is 113 Å². The quantitative estimate of drug-likeness (QED) is 0.368. The van der Waals surface area contributed by atoms with Gasteiger partial charge < -0.3 is 9.64 Å². The summed E-state index contributed by atoms with van der Waals surface area (Å²) < 4.78 is 31.8. The highest BCUT2D eigenvalue weighted by molar-refractivity contribution is 7.91. The van der Waals surface area contributed by atoms with Crippen LogP contribution in [0.5, 0.6) is 11.5 Å². The number of fused-ring (bicyclic) bond motifs is 2. The second-order valence-electron chi connectivity index (χ2n) is 6.68. The molecule has 0 saturated heterocycles. The minimum absolute atomic E-state index is 0.266. The number of benzene rings is 4. The standard InChI is InChI=1S/C24H17NO3S/c26-29(27,19-8-2-1-3-9-19)20-16-14-18(15-17-20)25-21-10-4-6-12-23(21)28-24-13-7-5-11-22(24)25/h1-17H. The number of hydrogen-bond donors (Lipinski definition) is 0. The van der Waals surface area contributed by atoms with E-state index in [4.69, 9.17) is 4.74 Å². The van der Waals surface area contributed by atoms with Crippen molar-refractivity contribution in [3.8, 4) is 11.5 Å². The first kappa shape index (κ1) is 17.5. The fourth-order valence-corrected chi connectivity index (χ4v) is 4.77. The summed E-state index contributed by atoms with van der Waals surface area (Å²) in [6.45, 7) is 0. The molecule has 0 radical (unpaired) electrons. The zero-order chi connectivity index (χ0) is 19.8. The van der Waals surface area contributed by atoms with Crippen LogP contribution in [0.3, 0.4) is 0 Å². The molecule has 0 saturated carbocycles. The van der Waals surface area contributed by atoms with Crippen molar-refractivity contribution in [2.75, 3.05) is 4.90 Å². The Morgan fingerprint density at radius 2 is 1.03 bits per heavy atom. The monoisotopic (exact) mass is 399 g/mol. The maximum atomic E-state index is 12.9. The van der Waals surface area contributed by atoms with Crippen LogP contribution in [-0.2, 0) is 9.84 Å². The van der Waals surface area contributed by atoms with E-state index in [1.165, 1.54) is 0 Å². The molecule has 0 bridgehead atoms. The van der Waals surface area contributed by atoms with E-state index < -0.39 is 9.84 Å². The summed E-state index contributed by atoms with van der Waals surface area (Å²) in [4.78, 5) is 2.63. The van der Waals surface area contributed by atoms with Crippen LogP contribution in [0.2, 0.25) is 0 Å². The van der Waals surface area contributed by atoms with Crippen LogP contribution in [0.4, 0.5) is 17.1 Å². The Labute approximate surface area is 169 Å². The van der Waals surface area contributed by atoms with Gasteiger partial charge in [-0.2, -0.15) is 0 Å². The third kappa shape index (κ3) is 2.96. The highest BCUT2D eigenvalue weighted by Gasteiger charge is 2.25. The van der Waals surface area contributed by atoms with Crippen LogP contribution in [0.25, 0.3) is 0 Å². The summed E-state index contributed by atoms with van der Waals surface area (Å²) in [7, 11) is -3.55. The van der Waals surface area contributed by atoms with Crippen LogP contribution in [-0.4, -0.2) is 8.42 Å². The van der Waals surface area contributed by atoms with E-state index in [1.54, 1.807) is 42.5 Å². The third-order valence-electron chi connectivity index (χ3n) is 4.89. The van der Waals surface area contributed by atoms with Crippen molar-refractivity contribution >= 4 is 26.9 Å². The number of anilines is 3. The Hall–Kier alpha value is -3.57. The lowest BCUT2D eigenvalue weighted by molar-refractivity contribution is 0.477. The Balaban J connectivity index is 1.60. The normalized spacial score (nSPS) is 12.6. The zero-order valence-corrected chi connectivity index (χ0v) is 16.2. The molecule has 0 atom stereocenters. The van der Waals surface area contributed by atoms with Gasteiger partial charge in [-0.25, -0.2) is 8.42 Å². The molecule has 5 heteroatoms. The number of sulfone groups is 1. The predicted molar refractivity (Wildman–Crippen MR) is 113 cm³/mol. The number of para-hydroxylation sites is 4. The molecule has 4 aromatic rings. The summed E-state index contributed by atoms with van der Waals surface area (Å²) in [6.07, 6.45) is 0. The van der Waals surface area contributed by atoms with Gasteiger partial charge in [-0.3, -0.25) is 0 Å². The van der Waals surface area contributed by atoms with Gasteiger partial charge in [0.05, 0.1) is 21.2 Å².